The van der Waals surface area contributed by atoms with Gasteiger partial charge in [-0.25, -0.2) is 0 Å². The largest absolute Gasteiger partial charge is 0.355 e. The molecule has 0 fully saturated rings. The number of aryl methyl sites for hydroxylation is 1. The number of hydrogen-bond donors (Lipinski definition) is 1. The first-order valence-corrected chi connectivity index (χ1v) is 10.9. The van der Waals surface area contributed by atoms with Crippen molar-refractivity contribution >= 4 is 17.5 Å². The molecule has 0 heterocycles. The Hall–Kier alpha value is -3.44. The van der Waals surface area contributed by atoms with Crippen LogP contribution in [-0.2, 0) is 17.8 Å². The monoisotopic (exact) mass is 429 g/mol. The Balaban J connectivity index is 1.78. The van der Waals surface area contributed by atoms with Crippen LogP contribution in [0.4, 0.5) is 5.69 Å². The van der Waals surface area contributed by atoms with E-state index in [1.807, 2.05) is 105 Å². The van der Waals surface area contributed by atoms with Gasteiger partial charge in [-0.15, -0.1) is 0 Å². The molecule has 0 unspecified atom stereocenters. The minimum absolute atomic E-state index is 0.00303. The van der Waals surface area contributed by atoms with E-state index in [2.05, 4.69) is 5.32 Å². The number of nitrogens with zero attached hydrogens (tertiary/aromatic N) is 2. The van der Waals surface area contributed by atoms with Gasteiger partial charge in [-0.05, 0) is 55.9 Å². The van der Waals surface area contributed by atoms with Crippen molar-refractivity contribution in [2.24, 2.45) is 0 Å². The summed E-state index contributed by atoms with van der Waals surface area (Å²) in [6.45, 7) is 3.85. The van der Waals surface area contributed by atoms with Gasteiger partial charge in [0.15, 0.2) is 0 Å². The maximum absolute atomic E-state index is 13.5. The Kier molecular flexibility index (Phi) is 8.17. The molecule has 2 amide bonds. The number of anilines is 1. The average molecular weight is 430 g/mol. The summed E-state index contributed by atoms with van der Waals surface area (Å²) in [5, 5.41) is 2.93. The van der Waals surface area contributed by atoms with Gasteiger partial charge in [0.05, 0.1) is 13.0 Å². The van der Waals surface area contributed by atoms with E-state index in [1.165, 1.54) is 0 Å². The molecule has 32 heavy (non-hydrogen) atoms. The standard InChI is InChI=1S/C27H31N3O2/c1-21-9-7-8-12-25(21)27(32)30(20-23-10-5-4-6-11-23)24-15-13-22(14-16-24)19-26(31)28-17-18-29(2)3/h4-16H,17-20H2,1-3H3,(H,28,31). The van der Waals surface area contributed by atoms with Crippen LogP contribution in [0.5, 0.6) is 0 Å². The third kappa shape index (κ3) is 6.53. The Bertz CT molecular complexity index is 1030. The normalized spacial score (nSPS) is 10.8. The third-order valence-electron chi connectivity index (χ3n) is 5.30. The second-order valence-electron chi connectivity index (χ2n) is 8.19. The summed E-state index contributed by atoms with van der Waals surface area (Å²) < 4.78 is 0. The van der Waals surface area contributed by atoms with Gasteiger partial charge in [0.2, 0.25) is 5.91 Å². The van der Waals surface area contributed by atoms with Crippen LogP contribution in [0.15, 0.2) is 78.9 Å². The second-order valence-corrected chi connectivity index (χ2v) is 8.19. The van der Waals surface area contributed by atoms with Crippen molar-refractivity contribution in [1.82, 2.24) is 10.2 Å². The molecule has 0 aromatic heterocycles. The molecule has 5 nitrogen and oxygen atoms in total. The molecule has 0 spiro atoms. The van der Waals surface area contributed by atoms with Crippen LogP contribution in [0.3, 0.4) is 0 Å². The highest BCUT2D eigenvalue weighted by atomic mass is 16.2. The summed E-state index contributed by atoms with van der Waals surface area (Å²) in [6.07, 6.45) is 0.318. The smallest absolute Gasteiger partial charge is 0.258 e. The molecule has 166 valence electrons. The maximum atomic E-state index is 13.5. The number of hydrogen-bond acceptors (Lipinski definition) is 3. The van der Waals surface area contributed by atoms with Crippen molar-refractivity contribution in [3.63, 3.8) is 0 Å². The molecular formula is C27H31N3O2. The number of benzene rings is 3. The molecule has 0 saturated carbocycles. The van der Waals surface area contributed by atoms with Crippen molar-refractivity contribution in [3.05, 3.63) is 101 Å². The van der Waals surface area contributed by atoms with Crippen LogP contribution in [0.1, 0.15) is 27.0 Å². The van der Waals surface area contributed by atoms with Gasteiger partial charge < -0.3 is 15.1 Å². The quantitative estimate of drug-likeness (QED) is 0.558. The zero-order valence-corrected chi connectivity index (χ0v) is 19.0. The summed E-state index contributed by atoms with van der Waals surface area (Å²) in [4.78, 5) is 29.5. The minimum Gasteiger partial charge on any atom is -0.355 e. The molecule has 0 atom stereocenters. The van der Waals surface area contributed by atoms with Crippen LogP contribution in [0.2, 0.25) is 0 Å². The first-order valence-electron chi connectivity index (χ1n) is 10.9. The van der Waals surface area contributed by atoms with Crippen molar-refractivity contribution in [1.29, 1.82) is 0 Å². The molecule has 3 rings (SSSR count). The van der Waals surface area contributed by atoms with E-state index in [-0.39, 0.29) is 11.8 Å². The lowest BCUT2D eigenvalue weighted by atomic mass is 10.1. The Morgan fingerprint density at radius 1 is 0.812 bits per heavy atom. The number of nitrogens with one attached hydrogen (secondary N) is 1. The molecule has 3 aromatic carbocycles. The van der Waals surface area contributed by atoms with E-state index in [1.54, 1.807) is 4.90 Å². The zero-order valence-electron chi connectivity index (χ0n) is 19.0. The summed E-state index contributed by atoms with van der Waals surface area (Å²) in [7, 11) is 3.95. The van der Waals surface area contributed by atoms with E-state index in [4.69, 9.17) is 0 Å². The number of likely N-dealkylation sites (N-methyl/N-ethyl adjacent to an activating group) is 1. The highest BCUT2D eigenvalue weighted by Gasteiger charge is 2.20. The van der Waals surface area contributed by atoms with Gasteiger partial charge in [0.25, 0.3) is 5.91 Å². The SMILES string of the molecule is Cc1ccccc1C(=O)N(Cc1ccccc1)c1ccc(CC(=O)NCCN(C)C)cc1. The van der Waals surface area contributed by atoms with E-state index >= 15 is 0 Å². The fourth-order valence-electron chi connectivity index (χ4n) is 3.47. The highest BCUT2D eigenvalue weighted by Crippen LogP contribution is 2.22. The first kappa shape index (κ1) is 23.2. The number of amides is 2. The molecule has 0 aliphatic carbocycles. The summed E-state index contributed by atoms with van der Waals surface area (Å²) in [5.41, 5.74) is 4.41. The van der Waals surface area contributed by atoms with Gasteiger partial charge in [-0.2, -0.15) is 0 Å². The van der Waals surface area contributed by atoms with Crippen molar-refractivity contribution in [3.8, 4) is 0 Å². The van der Waals surface area contributed by atoms with Crippen LogP contribution in [0, 0.1) is 6.92 Å². The lowest BCUT2D eigenvalue weighted by Crippen LogP contribution is -2.32. The molecular weight excluding hydrogens is 398 g/mol. The molecule has 1 N–H and O–H groups in total. The molecule has 0 aliphatic rings. The maximum Gasteiger partial charge on any atom is 0.258 e. The fourth-order valence-corrected chi connectivity index (χ4v) is 3.47. The number of carbonyl (C=O) groups excluding carboxylic acids is 2. The van der Waals surface area contributed by atoms with Crippen LogP contribution in [-0.4, -0.2) is 43.9 Å². The Morgan fingerprint density at radius 3 is 2.12 bits per heavy atom. The fraction of sp³-hybridized carbons (Fsp3) is 0.259. The zero-order chi connectivity index (χ0) is 22.9. The molecule has 3 aromatic rings. The number of carbonyl (C=O) groups is 2. The van der Waals surface area contributed by atoms with E-state index in [0.29, 0.717) is 25.1 Å². The second kappa shape index (κ2) is 11.3. The predicted molar refractivity (Wildman–Crippen MR) is 130 cm³/mol. The molecule has 5 heteroatoms. The lowest BCUT2D eigenvalue weighted by molar-refractivity contribution is -0.120. The van der Waals surface area contributed by atoms with Crippen LogP contribution < -0.4 is 10.2 Å². The van der Waals surface area contributed by atoms with E-state index in [9.17, 15) is 9.59 Å². The van der Waals surface area contributed by atoms with Gasteiger partial charge in [-0.3, -0.25) is 9.59 Å². The van der Waals surface area contributed by atoms with Crippen molar-refractivity contribution in [2.75, 3.05) is 32.1 Å². The van der Waals surface area contributed by atoms with Gasteiger partial charge in [-0.1, -0.05) is 60.7 Å². The average Bonchev–Trinajstić information content (AvgIpc) is 2.78. The predicted octanol–water partition coefficient (Wildman–Crippen LogP) is 4.06. The molecule has 0 bridgehead atoms. The number of rotatable bonds is 9. The van der Waals surface area contributed by atoms with Crippen LogP contribution in [0.25, 0.3) is 0 Å². The van der Waals surface area contributed by atoms with E-state index in [0.717, 1.165) is 28.9 Å². The van der Waals surface area contributed by atoms with Gasteiger partial charge >= 0.3 is 0 Å². The summed E-state index contributed by atoms with van der Waals surface area (Å²) in [6, 6.07) is 25.3. The minimum atomic E-state index is -0.0406. The van der Waals surface area contributed by atoms with Crippen LogP contribution >= 0.6 is 0 Å². The van der Waals surface area contributed by atoms with Gasteiger partial charge in [0, 0.05) is 24.3 Å². The first-order chi connectivity index (χ1) is 15.4. The van der Waals surface area contributed by atoms with Crippen molar-refractivity contribution in [2.45, 2.75) is 19.9 Å². The summed E-state index contributed by atoms with van der Waals surface area (Å²) >= 11 is 0. The summed E-state index contributed by atoms with van der Waals surface area (Å²) in [5.74, 6) is -0.0436. The Morgan fingerprint density at radius 2 is 1.47 bits per heavy atom. The third-order valence-corrected chi connectivity index (χ3v) is 5.30. The highest BCUT2D eigenvalue weighted by molar-refractivity contribution is 6.07. The lowest BCUT2D eigenvalue weighted by Gasteiger charge is -2.24. The molecule has 0 aliphatic heterocycles. The molecule has 0 saturated heterocycles. The van der Waals surface area contributed by atoms with E-state index < -0.39 is 0 Å². The van der Waals surface area contributed by atoms with Crippen molar-refractivity contribution < 1.29 is 9.59 Å². The topological polar surface area (TPSA) is 52.7 Å². The Labute approximate surface area is 190 Å². The molecule has 0 radical (unpaired) electrons. The van der Waals surface area contributed by atoms with Gasteiger partial charge in [0.1, 0.15) is 0 Å².